The molecule has 0 spiro atoms. The molecule has 2 rings (SSSR count). The van der Waals surface area contributed by atoms with Crippen LogP contribution in [0.5, 0.6) is 0 Å². The molecule has 0 atom stereocenters. The highest BCUT2D eigenvalue weighted by atomic mass is 35.5. The number of hydrogen-bond acceptors (Lipinski definition) is 4. The van der Waals surface area contributed by atoms with E-state index in [1.54, 1.807) is 11.8 Å². The Bertz CT molecular complexity index is 585. The Kier molecular flexibility index (Phi) is 5.88. The number of benzene rings is 1. The average Bonchev–Trinajstić information content (AvgIpc) is 2.47. The number of halogens is 1. The molecule has 112 valence electrons. The van der Waals surface area contributed by atoms with E-state index in [9.17, 15) is 0 Å². The van der Waals surface area contributed by atoms with Gasteiger partial charge in [-0.2, -0.15) is 0 Å². The Morgan fingerprint density at radius 1 is 1.19 bits per heavy atom. The van der Waals surface area contributed by atoms with Crippen molar-refractivity contribution < 1.29 is 0 Å². The molecule has 0 unspecified atom stereocenters. The van der Waals surface area contributed by atoms with Gasteiger partial charge in [0.15, 0.2) is 0 Å². The van der Waals surface area contributed by atoms with E-state index < -0.39 is 0 Å². The molecule has 0 fully saturated rings. The number of nitrogens with one attached hydrogen (secondary N) is 1. The van der Waals surface area contributed by atoms with Crippen LogP contribution in [-0.2, 0) is 0 Å². The number of rotatable bonds is 6. The van der Waals surface area contributed by atoms with Gasteiger partial charge in [0.2, 0.25) is 0 Å². The Morgan fingerprint density at radius 3 is 2.52 bits per heavy atom. The molecule has 0 saturated heterocycles. The number of nitrogens with zero attached hydrogens (tertiary/aromatic N) is 2. The van der Waals surface area contributed by atoms with Crippen LogP contribution in [0.1, 0.15) is 38.9 Å². The van der Waals surface area contributed by atoms with Gasteiger partial charge in [0, 0.05) is 28.4 Å². The third-order valence-electron chi connectivity index (χ3n) is 2.83. The summed E-state index contributed by atoms with van der Waals surface area (Å²) in [5.74, 6) is 2.07. The number of anilines is 1. The lowest BCUT2D eigenvalue weighted by atomic mass is 10.2. The van der Waals surface area contributed by atoms with Gasteiger partial charge in [-0.1, -0.05) is 44.1 Å². The van der Waals surface area contributed by atoms with Crippen LogP contribution in [0.25, 0.3) is 0 Å². The van der Waals surface area contributed by atoms with Crippen molar-refractivity contribution in [1.29, 1.82) is 0 Å². The van der Waals surface area contributed by atoms with E-state index in [1.165, 1.54) is 0 Å². The van der Waals surface area contributed by atoms with E-state index in [2.05, 4.69) is 36.1 Å². The SMILES string of the molecule is CCCNc1cc(Sc2ccc(Cl)cc2)nc(C(C)C)n1. The van der Waals surface area contributed by atoms with Gasteiger partial charge in [-0.3, -0.25) is 0 Å². The summed E-state index contributed by atoms with van der Waals surface area (Å²) in [6, 6.07) is 9.79. The summed E-state index contributed by atoms with van der Waals surface area (Å²) in [5.41, 5.74) is 0. The maximum absolute atomic E-state index is 5.92. The van der Waals surface area contributed by atoms with Gasteiger partial charge in [0.25, 0.3) is 0 Å². The van der Waals surface area contributed by atoms with Crippen molar-refractivity contribution >= 4 is 29.2 Å². The first-order valence-electron chi connectivity index (χ1n) is 7.14. The fourth-order valence-corrected chi connectivity index (χ4v) is 2.67. The minimum atomic E-state index is 0.304. The monoisotopic (exact) mass is 321 g/mol. The zero-order valence-corrected chi connectivity index (χ0v) is 14.1. The van der Waals surface area contributed by atoms with Crippen molar-refractivity contribution in [3.8, 4) is 0 Å². The molecule has 0 aliphatic rings. The van der Waals surface area contributed by atoms with E-state index in [-0.39, 0.29) is 0 Å². The van der Waals surface area contributed by atoms with Gasteiger partial charge in [-0.15, -0.1) is 0 Å². The molecule has 5 heteroatoms. The minimum absolute atomic E-state index is 0.304. The summed E-state index contributed by atoms with van der Waals surface area (Å²) in [4.78, 5) is 10.3. The van der Waals surface area contributed by atoms with E-state index >= 15 is 0 Å². The van der Waals surface area contributed by atoms with Gasteiger partial charge in [0.05, 0.1) is 0 Å². The zero-order chi connectivity index (χ0) is 15.2. The van der Waals surface area contributed by atoms with Crippen molar-refractivity contribution in [3.63, 3.8) is 0 Å². The topological polar surface area (TPSA) is 37.8 Å². The first-order valence-corrected chi connectivity index (χ1v) is 8.34. The van der Waals surface area contributed by atoms with Crippen molar-refractivity contribution in [1.82, 2.24) is 9.97 Å². The molecule has 0 aliphatic heterocycles. The summed E-state index contributed by atoms with van der Waals surface area (Å²) in [6.07, 6.45) is 1.07. The van der Waals surface area contributed by atoms with Crippen molar-refractivity contribution in [2.75, 3.05) is 11.9 Å². The molecule has 0 saturated carbocycles. The second-order valence-electron chi connectivity index (χ2n) is 5.09. The molecule has 0 aliphatic carbocycles. The van der Waals surface area contributed by atoms with E-state index in [1.807, 2.05) is 30.3 Å². The van der Waals surface area contributed by atoms with Crippen LogP contribution >= 0.6 is 23.4 Å². The predicted molar refractivity (Wildman–Crippen MR) is 90.5 cm³/mol. The van der Waals surface area contributed by atoms with Crippen LogP contribution in [0.15, 0.2) is 40.3 Å². The van der Waals surface area contributed by atoms with Gasteiger partial charge >= 0.3 is 0 Å². The van der Waals surface area contributed by atoms with E-state index in [0.29, 0.717) is 5.92 Å². The Balaban J connectivity index is 2.24. The molecule has 1 heterocycles. The summed E-state index contributed by atoms with van der Waals surface area (Å²) in [5, 5.41) is 5.04. The predicted octanol–water partition coefficient (Wildman–Crippen LogP) is 5.23. The fourth-order valence-electron chi connectivity index (χ4n) is 1.72. The Morgan fingerprint density at radius 2 is 1.90 bits per heavy atom. The van der Waals surface area contributed by atoms with Crippen LogP contribution in [0.4, 0.5) is 5.82 Å². The highest BCUT2D eigenvalue weighted by Gasteiger charge is 2.09. The zero-order valence-electron chi connectivity index (χ0n) is 12.6. The molecule has 2 aromatic rings. The lowest BCUT2D eigenvalue weighted by Crippen LogP contribution is -2.06. The van der Waals surface area contributed by atoms with E-state index in [4.69, 9.17) is 11.6 Å². The lowest BCUT2D eigenvalue weighted by Gasteiger charge is -2.11. The third kappa shape index (κ3) is 4.90. The number of aromatic nitrogens is 2. The molecule has 0 amide bonds. The first-order chi connectivity index (χ1) is 10.1. The van der Waals surface area contributed by atoms with Crippen molar-refractivity contribution in [2.45, 2.75) is 43.0 Å². The second-order valence-corrected chi connectivity index (χ2v) is 6.62. The molecule has 1 aromatic heterocycles. The average molecular weight is 322 g/mol. The molecule has 21 heavy (non-hydrogen) atoms. The van der Waals surface area contributed by atoms with Gasteiger partial charge in [-0.25, -0.2) is 9.97 Å². The van der Waals surface area contributed by atoms with Gasteiger partial charge in [-0.05, 0) is 30.7 Å². The Labute approximate surface area is 135 Å². The molecule has 0 bridgehead atoms. The highest BCUT2D eigenvalue weighted by Crippen LogP contribution is 2.29. The van der Waals surface area contributed by atoms with Crippen LogP contribution in [0.3, 0.4) is 0 Å². The summed E-state index contributed by atoms with van der Waals surface area (Å²) < 4.78 is 0. The molecule has 1 N–H and O–H groups in total. The second kappa shape index (κ2) is 7.66. The summed E-state index contributed by atoms with van der Waals surface area (Å²) in [6.45, 7) is 7.27. The molecular weight excluding hydrogens is 302 g/mol. The summed E-state index contributed by atoms with van der Waals surface area (Å²) >= 11 is 7.54. The van der Waals surface area contributed by atoms with Crippen LogP contribution < -0.4 is 5.32 Å². The largest absolute Gasteiger partial charge is 0.370 e. The van der Waals surface area contributed by atoms with Crippen molar-refractivity contribution in [3.05, 3.63) is 41.2 Å². The molecule has 1 aromatic carbocycles. The Hall–Kier alpha value is -1.26. The molecule has 3 nitrogen and oxygen atoms in total. The van der Waals surface area contributed by atoms with Crippen LogP contribution in [0.2, 0.25) is 5.02 Å². The normalized spacial score (nSPS) is 10.9. The van der Waals surface area contributed by atoms with Gasteiger partial charge < -0.3 is 5.32 Å². The van der Waals surface area contributed by atoms with Gasteiger partial charge in [0.1, 0.15) is 16.7 Å². The molecular formula is C16H20ClN3S. The minimum Gasteiger partial charge on any atom is -0.370 e. The number of hydrogen-bond donors (Lipinski definition) is 1. The highest BCUT2D eigenvalue weighted by molar-refractivity contribution is 7.99. The lowest BCUT2D eigenvalue weighted by molar-refractivity contribution is 0.753. The third-order valence-corrected chi connectivity index (χ3v) is 4.01. The fraction of sp³-hybridized carbons (Fsp3) is 0.375. The van der Waals surface area contributed by atoms with Crippen LogP contribution in [-0.4, -0.2) is 16.5 Å². The maximum Gasteiger partial charge on any atom is 0.134 e. The smallest absolute Gasteiger partial charge is 0.134 e. The maximum atomic E-state index is 5.92. The van der Waals surface area contributed by atoms with E-state index in [0.717, 1.165) is 39.6 Å². The quantitative estimate of drug-likeness (QED) is 0.739. The standard InChI is InChI=1S/C16H20ClN3S/c1-4-9-18-14-10-15(20-16(19-14)11(2)3)21-13-7-5-12(17)6-8-13/h5-8,10-11H,4,9H2,1-3H3,(H,18,19,20). The first kappa shape index (κ1) is 16.1. The molecule has 0 radical (unpaired) electrons. The van der Waals surface area contributed by atoms with Crippen LogP contribution in [0, 0.1) is 0 Å². The summed E-state index contributed by atoms with van der Waals surface area (Å²) in [7, 11) is 0. The van der Waals surface area contributed by atoms with Crippen molar-refractivity contribution in [2.24, 2.45) is 0 Å².